The molecule has 0 saturated carbocycles. The van der Waals surface area contributed by atoms with Crippen molar-refractivity contribution in [1.29, 1.82) is 0 Å². The van der Waals surface area contributed by atoms with Crippen molar-refractivity contribution < 1.29 is 15.0 Å². The summed E-state index contributed by atoms with van der Waals surface area (Å²) in [5.74, 6) is -1.72. The first kappa shape index (κ1) is 17.2. The maximum absolute atomic E-state index is 12.1. The van der Waals surface area contributed by atoms with Crippen molar-refractivity contribution in [3.63, 3.8) is 0 Å². The van der Waals surface area contributed by atoms with Crippen LogP contribution in [0.15, 0.2) is 44.9 Å². The number of benzene rings is 1. The van der Waals surface area contributed by atoms with Gasteiger partial charge >= 0.3 is 11.7 Å². The Hall–Kier alpha value is -3.16. The molecule has 1 atom stereocenters. The van der Waals surface area contributed by atoms with Gasteiger partial charge in [-0.2, -0.15) is 0 Å². The first-order chi connectivity index (χ1) is 11.3. The minimum absolute atomic E-state index is 0.138. The highest BCUT2D eigenvalue weighted by Gasteiger charge is 2.18. The number of aromatic hydroxyl groups is 1. The second-order valence-electron chi connectivity index (χ2n) is 5.26. The SMILES string of the molecule is Cn1c(O)c(C=NC(Cc2ccccc2)C(=O)O)c(=O)n(C)c1=O. The van der Waals surface area contributed by atoms with Crippen LogP contribution in [0.25, 0.3) is 0 Å². The van der Waals surface area contributed by atoms with Crippen LogP contribution in [0.2, 0.25) is 0 Å². The normalized spacial score (nSPS) is 12.4. The first-order valence-electron chi connectivity index (χ1n) is 7.11. The highest BCUT2D eigenvalue weighted by molar-refractivity contribution is 5.85. The highest BCUT2D eigenvalue weighted by Crippen LogP contribution is 2.09. The fourth-order valence-electron chi connectivity index (χ4n) is 2.18. The largest absolute Gasteiger partial charge is 0.494 e. The number of aliphatic imine (C=N–C) groups is 1. The van der Waals surface area contributed by atoms with Crippen LogP contribution in [-0.2, 0) is 25.3 Å². The molecule has 8 nitrogen and oxygen atoms in total. The minimum atomic E-state index is -1.16. The summed E-state index contributed by atoms with van der Waals surface area (Å²) in [4.78, 5) is 39.0. The molecule has 0 aliphatic carbocycles. The Balaban J connectivity index is 2.39. The summed E-state index contributed by atoms with van der Waals surface area (Å²) < 4.78 is 1.70. The van der Waals surface area contributed by atoms with Gasteiger partial charge in [-0.15, -0.1) is 0 Å². The van der Waals surface area contributed by atoms with Crippen LogP contribution in [-0.4, -0.2) is 37.6 Å². The molecule has 126 valence electrons. The second kappa shape index (κ2) is 6.95. The number of nitrogens with zero attached hydrogens (tertiary/aromatic N) is 3. The van der Waals surface area contributed by atoms with Crippen molar-refractivity contribution in [2.75, 3.05) is 0 Å². The maximum atomic E-state index is 12.1. The molecule has 0 aliphatic heterocycles. The molecule has 8 heteroatoms. The molecular weight excluding hydrogens is 314 g/mol. The number of carbonyl (C=O) groups is 1. The fraction of sp³-hybridized carbons (Fsp3) is 0.250. The van der Waals surface area contributed by atoms with Gasteiger partial charge in [-0.3, -0.25) is 18.9 Å². The predicted octanol–water partition coefficient (Wildman–Crippen LogP) is -0.0956. The van der Waals surface area contributed by atoms with Crippen LogP contribution in [0, 0.1) is 0 Å². The van der Waals surface area contributed by atoms with Crippen LogP contribution >= 0.6 is 0 Å². The Labute approximate surface area is 137 Å². The third kappa shape index (κ3) is 3.43. The lowest BCUT2D eigenvalue weighted by molar-refractivity contribution is -0.138. The number of carboxylic acid groups (broad SMARTS) is 1. The Bertz CT molecular complexity index is 896. The van der Waals surface area contributed by atoms with Crippen molar-refractivity contribution in [3.8, 4) is 5.88 Å². The third-order valence-corrected chi connectivity index (χ3v) is 3.61. The van der Waals surface area contributed by atoms with Crippen LogP contribution in [0.3, 0.4) is 0 Å². The average Bonchev–Trinajstić information content (AvgIpc) is 2.58. The van der Waals surface area contributed by atoms with E-state index in [0.29, 0.717) is 0 Å². The summed E-state index contributed by atoms with van der Waals surface area (Å²) in [6, 6.07) is 7.81. The highest BCUT2D eigenvalue weighted by atomic mass is 16.4. The number of hydrogen-bond donors (Lipinski definition) is 2. The zero-order valence-corrected chi connectivity index (χ0v) is 13.2. The summed E-state index contributed by atoms with van der Waals surface area (Å²) in [5.41, 5.74) is -0.893. The minimum Gasteiger partial charge on any atom is -0.494 e. The molecule has 0 fully saturated rings. The van der Waals surface area contributed by atoms with E-state index < -0.39 is 29.1 Å². The molecule has 0 radical (unpaired) electrons. The first-order valence-corrected chi connectivity index (χ1v) is 7.11. The van der Waals surface area contributed by atoms with Gasteiger partial charge in [0.1, 0.15) is 5.56 Å². The number of aromatic nitrogens is 2. The molecule has 2 rings (SSSR count). The van der Waals surface area contributed by atoms with Crippen LogP contribution in [0.4, 0.5) is 0 Å². The van der Waals surface area contributed by atoms with Crippen molar-refractivity contribution >= 4 is 12.2 Å². The van der Waals surface area contributed by atoms with Gasteiger partial charge in [0.15, 0.2) is 6.04 Å². The predicted molar refractivity (Wildman–Crippen MR) is 87.8 cm³/mol. The van der Waals surface area contributed by atoms with E-state index >= 15 is 0 Å². The fourth-order valence-corrected chi connectivity index (χ4v) is 2.18. The summed E-state index contributed by atoms with van der Waals surface area (Å²) in [5, 5.41) is 19.2. The van der Waals surface area contributed by atoms with Gasteiger partial charge in [-0.05, 0) is 5.56 Å². The Morgan fingerprint density at radius 2 is 1.83 bits per heavy atom. The summed E-state index contributed by atoms with van der Waals surface area (Å²) in [7, 11) is 2.56. The molecule has 1 aromatic carbocycles. The molecular formula is C16H17N3O5. The van der Waals surface area contributed by atoms with Gasteiger partial charge in [-0.1, -0.05) is 30.3 Å². The standard InChI is InChI=1S/C16H17N3O5/c1-18-13(20)11(14(21)19(2)16(18)24)9-17-12(15(22)23)8-10-6-4-3-5-7-10/h3-7,9,12,20H,8H2,1-2H3,(H,22,23). The molecule has 2 aromatic rings. The number of rotatable bonds is 5. The van der Waals surface area contributed by atoms with E-state index in [-0.39, 0.29) is 12.0 Å². The van der Waals surface area contributed by atoms with Crippen molar-refractivity contribution in [3.05, 3.63) is 62.3 Å². The van der Waals surface area contributed by atoms with Crippen molar-refractivity contribution in [1.82, 2.24) is 9.13 Å². The van der Waals surface area contributed by atoms with Gasteiger partial charge < -0.3 is 10.2 Å². The van der Waals surface area contributed by atoms with E-state index in [4.69, 9.17) is 0 Å². The van der Waals surface area contributed by atoms with Crippen LogP contribution < -0.4 is 11.2 Å². The zero-order valence-electron chi connectivity index (χ0n) is 13.2. The lowest BCUT2D eigenvalue weighted by Gasteiger charge is -2.09. The monoisotopic (exact) mass is 331 g/mol. The van der Waals surface area contributed by atoms with Gasteiger partial charge in [0.25, 0.3) is 5.56 Å². The molecule has 2 N–H and O–H groups in total. The van der Waals surface area contributed by atoms with Gasteiger partial charge in [-0.25, -0.2) is 9.59 Å². The van der Waals surface area contributed by atoms with Crippen molar-refractivity contribution in [2.45, 2.75) is 12.5 Å². The van der Waals surface area contributed by atoms with Gasteiger partial charge in [0.05, 0.1) is 0 Å². The van der Waals surface area contributed by atoms with E-state index in [9.17, 15) is 24.6 Å². The molecule has 0 aliphatic rings. The third-order valence-electron chi connectivity index (χ3n) is 3.61. The van der Waals surface area contributed by atoms with E-state index in [1.807, 2.05) is 6.07 Å². The maximum Gasteiger partial charge on any atom is 0.333 e. The molecule has 0 amide bonds. The molecule has 0 saturated heterocycles. The lowest BCUT2D eigenvalue weighted by atomic mass is 10.1. The lowest BCUT2D eigenvalue weighted by Crippen LogP contribution is -2.38. The van der Waals surface area contributed by atoms with Crippen LogP contribution in [0.5, 0.6) is 5.88 Å². The van der Waals surface area contributed by atoms with Gasteiger partial charge in [0.2, 0.25) is 5.88 Å². The Kier molecular flexibility index (Phi) is 4.98. The quantitative estimate of drug-likeness (QED) is 0.743. The average molecular weight is 331 g/mol. The van der Waals surface area contributed by atoms with E-state index in [0.717, 1.165) is 20.9 Å². The smallest absolute Gasteiger partial charge is 0.333 e. The zero-order chi connectivity index (χ0) is 17.9. The van der Waals surface area contributed by atoms with E-state index in [1.54, 1.807) is 24.3 Å². The number of carboxylic acids is 1. The van der Waals surface area contributed by atoms with Gasteiger partial charge in [0, 0.05) is 26.7 Å². The molecule has 0 spiro atoms. The molecule has 1 heterocycles. The Morgan fingerprint density at radius 1 is 1.21 bits per heavy atom. The van der Waals surface area contributed by atoms with Crippen LogP contribution in [0.1, 0.15) is 11.1 Å². The number of hydrogen-bond acceptors (Lipinski definition) is 5. The molecule has 0 bridgehead atoms. The topological polar surface area (TPSA) is 114 Å². The Morgan fingerprint density at radius 3 is 2.42 bits per heavy atom. The molecule has 1 unspecified atom stereocenters. The van der Waals surface area contributed by atoms with E-state index in [1.165, 1.54) is 14.1 Å². The summed E-state index contributed by atoms with van der Waals surface area (Å²) in [6.45, 7) is 0. The van der Waals surface area contributed by atoms with Crippen molar-refractivity contribution in [2.24, 2.45) is 19.1 Å². The summed E-state index contributed by atoms with van der Waals surface area (Å²) >= 11 is 0. The molecule has 1 aromatic heterocycles. The molecule has 24 heavy (non-hydrogen) atoms. The van der Waals surface area contributed by atoms with E-state index in [2.05, 4.69) is 4.99 Å². The second-order valence-corrected chi connectivity index (χ2v) is 5.26. The number of aliphatic carboxylic acids is 1. The summed E-state index contributed by atoms with van der Waals surface area (Å²) in [6.07, 6.45) is 1.14.